The van der Waals surface area contributed by atoms with Gasteiger partial charge in [-0.2, -0.15) is 4.37 Å². The molecule has 14 heavy (non-hydrogen) atoms. The molecule has 0 aliphatic heterocycles. The number of aryl methyl sites for hydroxylation is 2. The number of hydrogen-bond acceptors (Lipinski definition) is 4. The van der Waals surface area contributed by atoms with E-state index in [4.69, 9.17) is 11.6 Å². The number of aromatic nitrogens is 2. The van der Waals surface area contributed by atoms with Gasteiger partial charge in [0.25, 0.3) is 0 Å². The molecule has 2 nitrogen and oxygen atoms in total. The Kier molecular flexibility index (Phi) is 3.50. The summed E-state index contributed by atoms with van der Waals surface area (Å²) in [7, 11) is 0. The van der Waals surface area contributed by atoms with Crippen LogP contribution >= 0.6 is 34.5 Å². The molecule has 0 aromatic carbocycles. The number of hydrogen-bond donors (Lipinski definition) is 0. The SMILES string of the molecule is Clc1nsc(CCCc2cccs2)n1. The predicted molar refractivity (Wildman–Crippen MR) is 61.3 cm³/mol. The summed E-state index contributed by atoms with van der Waals surface area (Å²) in [5.74, 6) is 0. The zero-order valence-corrected chi connectivity index (χ0v) is 9.83. The molecule has 2 heterocycles. The molecule has 0 atom stereocenters. The van der Waals surface area contributed by atoms with Crippen molar-refractivity contribution < 1.29 is 0 Å². The Balaban J connectivity index is 1.78. The third kappa shape index (κ3) is 2.77. The van der Waals surface area contributed by atoms with E-state index in [1.54, 1.807) is 11.3 Å². The van der Waals surface area contributed by atoms with Crippen molar-refractivity contribution in [3.8, 4) is 0 Å². The maximum atomic E-state index is 5.63. The van der Waals surface area contributed by atoms with Gasteiger partial charge in [0.2, 0.25) is 5.28 Å². The van der Waals surface area contributed by atoms with Crippen LogP contribution in [-0.2, 0) is 12.8 Å². The van der Waals surface area contributed by atoms with Gasteiger partial charge >= 0.3 is 0 Å². The normalized spacial score (nSPS) is 10.6. The molecule has 2 aromatic rings. The van der Waals surface area contributed by atoms with Gasteiger partial charge in [0, 0.05) is 11.3 Å². The van der Waals surface area contributed by atoms with E-state index in [1.165, 1.54) is 16.4 Å². The molecule has 0 saturated heterocycles. The molecule has 2 aromatic heterocycles. The van der Waals surface area contributed by atoms with Crippen LogP contribution in [0.2, 0.25) is 5.28 Å². The minimum Gasteiger partial charge on any atom is -0.210 e. The third-order valence-electron chi connectivity index (χ3n) is 1.84. The molecular formula is C9H9ClN2S2. The van der Waals surface area contributed by atoms with Crippen LogP contribution < -0.4 is 0 Å². The standard InChI is InChI=1S/C9H9ClN2S2/c10-9-11-8(14-12-9)5-1-3-7-4-2-6-13-7/h2,4,6H,1,3,5H2. The molecule has 0 fully saturated rings. The second-order valence-corrected chi connectivity index (χ2v) is 5.10. The third-order valence-corrected chi connectivity index (χ3v) is 3.81. The fourth-order valence-electron chi connectivity index (χ4n) is 1.20. The first-order chi connectivity index (χ1) is 6.84. The van der Waals surface area contributed by atoms with Crippen LogP contribution in [0.1, 0.15) is 16.3 Å². The summed E-state index contributed by atoms with van der Waals surface area (Å²) in [6.45, 7) is 0. The van der Waals surface area contributed by atoms with Crippen molar-refractivity contribution in [1.82, 2.24) is 9.36 Å². The molecule has 0 aliphatic rings. The molecule has 2 rings (SSSR count). The lowest BCUT2D eigenvalue weighted by Gasteiger charge is -1.94. The molecule has 0 aliphatic carbocycles. The van der Waals surface area contributed by atoms with Gasteiger partial charge < -0.3 is 0 Å². The van der Waals surface area contributed by atoms with Crippen LogP contribution in [0.3, 0.4) is 0 Å². The summed E-state index contributed by atoms with van der Waals surface area (Å²) in [6.07, 6.45) is 3.21. The topological polar surface area (TPSA) is 25.8 Å². The number of halogens is 1. The number of rotatable bonds is 4. The average Bonchev–Trinajstić information content (AvgIpc) is 2.77. The Labute approximate surface area is 95.7 Å². The maximum absolute atomic E-state index is 5.63. The highest BCUT2D eigenvalue weighted by Gasteiger charge is 2.01. The van der Waals surface area contributed by atoms with Gasteiger partial charge in [0.05, 0.1) is 0 Å². The van der Waals surface area contributed by atoms with E-state index in [0.29, 0.717) is 5.28 Å². The first kappa shape index (κ1) is 10.1. The smallest absolute Gasteiger partial charge is 0.210 e. The van der Waals surface area contributed by atoms with Gasteiger partial charge in [0.15, 0.2) is 0 Å². The molecule has 0 spiro atoms. The Morgan fingerprint density at radius 3 is 2.93 bits per heavy atom. The first-order valence-corrected chi connectivity index (χ1v) is 6.38. The maximum Gasteiger partial charge on any atom is 0.234 e. The van der Waals surface area contributed by atoms with E-state index in [2.05, 4.69) is 26.9 Å². The highest BCUT2D eigenvalue weighted by molar-refractivity contribution is 7.09. The molecule has 0 saturated carbocycles. The Bertz CT molecular complexity index is 383. The monoisotopic (exact) mass is 244 g/mol. The van der Waals surface area contributed by atoms with Crippen molar-refractivity contribution in [2.75, 3.05) is 0 Å². The van der Waals surface area contributed by atoms with E-state index in [0.717, 1.165) is 24.3 Å². The van der Waals surface area contributed by atoms with E-state index < -0.39 is 0 Å². The van der Waals surface area contributed by atoms with Crippen molar-refractivity contribution in [1.29, 1.82) is 0 Å². The molecule has 0 amide bonds. The lowest BCUT2D eigenvalue weighted by Crippen LogP contribution is -1.86. The predicted octanol–water partition coefficient (Wildman–Crippen LogP) is 3.43. The van der Waals surface area contributed by atoms with Gasteiger partial charge in [-0.15, -0.1) is 11.3 Å². The van der Waals surface area contributed by atoms with Crippen LogP contribution in [-0.4, -0.2) is 9.36 Å². The van der Waals surface area contributed by atoms with Crippen LogP contribution in [0, 0.1) is 0 Å². The van der Waals surface area contributed by atoms with Crippen LogP contribution in [0.15, 0.2) is 17.5 Å². The fourth-order valence-corrected chi connectivity index (χ4v) is 2.80. The molecule has 0 bridgehead atoms. The zero-order valence-electron chi connectivity index (χ0n) is 7.44. The second-order valence-electron chi connectivity index (χ2n) is 2.89. The molecule has 5 heteroatoms. The van der Waals surface area contributed by atoms with Gasteiger partial charge in [-0.25, -0.2) is 4.98 Å². The number of nitrogens with zero attached hydrogens (tertiary/aromatic N) is 2. The lowest BCUT2D eigenvalue weighted by atomic mass is 10.2. The molecule has 0 N–H and O–H groups in total. The average molecular weight is 245 g/mol. The van der Waals surface area contributed by atoms with Gasteiger partial charge in [-0.05, 0) is 47.4 Å². The summed E-state index contributed by atoms with van der Waals surface area (Å²) in [4.78, 5) is 5.54. The van der Waals surface area contributed by atoms with Crippen molar-refractivity contribution in [3.63, 3.8) is 0 Å². The summed E-state index contributed by atoms with van der Waals surface area (Å²) >= 11 is 8.83. The minimum atomic E-state index is 0.376. The van der Waals surface area contributed by atoms with Crippen molar-refractivity contribution in [2.24, 2.45) is 0 Å². The van der Waals surface area contributed by atoms with E-state index in [-0.39, 0.29) is 0 Å². The van der Waals surface area contributed by atoms with Crippen molar-refractivity contribution in [2.45, 2.75) is 19.3 Å². The zero-order chi connectivity index (χ0) is 9.80. The molecule has 0 unspecified atom stereocenters. The van der Waals surface area contributed by atoms with E-state index in [9.17, 15) is 0 Å². The first-order valence-electron chi connectivity index (χ1n) is 4.35. The highest BCUT2D eigenvalue weighted by atomic mass is 35.5. The Hall–Kier alpha value is -0.450. The molecule has 74 valence electrons. The van der Waals surface area contributed by atoms with Gasteiger partial charge in [0.1, 0.15) is 5.01 Å². The number of thiophene rings is 1. The summed E-state index contributed by atoms with van der Waals surface area (Å²) in [6, 6.07) is 4.25. The fraction of sp³-hybridized carbons (Fsp3) is 0.333. The highest BCUT2D eigenvalue weighted by Crippen LogP contribution is 2.15. The van der Waals surface area contributed by atoms with Crippen LogP contribution in [0.5, 0.6) is 0 Å². The van der Waals surface area contributed by atoms with E-state index in [1.807, 2.05) is 0 Å². The lowest BCUT2D eigenvalue weighted by molar-refractivity contribution is 0.824. The molecular weight excluding hydrogens is 236 g/mol. The summed E-state index contributed by atoms with van der Waals surface area (Å²) in [5, 5.41) is 3.52. The second kappa shape index (κ2) is 4.87. The Morgan fingerprint density at radius 2 is 2.29 bits per heavy atom. The molecule has 0 radical (unpaired) electrons. The van der Waals surface area contributed by atoms with Gasteiger partial charge in [-0.3, -0.25) is 0 Å². The summed E-state index contributed by atoms with van der Waals surface area (Å²) < 4.78 is 3.93. The van der Waals surface area contributed by atoms with Crippen LogP contribution in [0.4, 0.5) is 0 Å². The van der Waals surface area contributed by atoms with Crippen LogP contribution in [0.25, 0.3) is 0 Å². The van der Waals surface area contributed by atoms with Crippen molar-refractivity contribution in [3.05, 3.63) is 32.7 Å². The minimum absolute atomic E-state index is 0.376. The Morgan fingerprint density at radius 1 is 1.36 bits per heavy atom. The quantitative estimate of drug-likeness (QED) is 0.824. The summed E-state index contributed by atoms with van der Waals surface area (Å²) in [5.41, 5.74) is 0. The largest absolute Gasteiger partial charge is 0.234 e. The van der Waals surface area contributed by atoms with Gasteiger partial charge in [-0.1, -0.05) is 6.07 Å². The van der Waals surface area contributed by atoms with E-state index >= 15 is 0 Å². The van der Waals surface area contributed by atoms with Crippen molar-refractivity contribution >= 4 is 34.5 Å².